The van der Waals surface area contributed by atoms with Gasteiger partial charge in [0.05, 0.1) is 0 Å². The lowest BCUT2D eigenvalue weighted by atomic mass is 9.89. The van der Waals surface area contributed by atoms with Crippen molar-refractivity contribution in [3.63, 3.8) is 0 Å². The lowest BCUT2D eigenvalue weighted by Gasteiger charge is -2.37. The van der Waals surface area contributed by atoms with Crippen LogP contribution in [0.5, 0.6) is 0 Å². The molecule has 2 amide bonds. The van der Waals surface area contributed by atoms with E-state index in [1.165, 1.54) is 0 Å². The number of amides is 2. The smallest absolute Gasteiger partial charge is 0.239 e. The average Bonchev–Trinajstić information content (AvgIpc) is 2.62. The summed E-state index contributed by atoms with van der Waals surface area (Å²) in [5.41, 5.74) is 1.86. The zero-order valence-corrected chi connectivity index (χ0v) is 17.1. The van der Waals surface area contributed by atoms with Crippen molar-refractivity contribution in [3.8, 4) is 0 Å². The molecule has 1 aromatic carbocycles. The highest BCUT2D eigenvalue weighted by molar-refractivity contribution is 6.10. The van der Waals surface area contributed by atoms with Crippen molar-refractivity contribution in [2.45, 2.75) is 47.5 Å². The molecule has 0 spiro atoms. The van der Waals surface area contributed by atoms with Gasteiger partial charge in [-0.3, -0.25) is 9.59 Å². The van der Waals surface area contributed by atoms with Gasteiger partial charge in [-0.15, -0.1) is 0 Å². The number of anilines is 1. The van der Waals surface area contributed by atoms with Gasteiger partial charge in [0.15, 0.2) is 0 Å². The summed E-state index contributed by atoms with van der Waals surface area (Å²) in [7, 11) is 0. The van der Waals surface area contributed by atoms with E-state index < -0.39 is 5.41 Å². The maximum absolute atomic E-state index is 13.0. The molecule has 26 heavy (non-hydrogen) atoms. The van der Waals surface area contributed by atoms with E-state index >= 15 is 0 Å². The van der Waals surface area contributed by atoms with E-state index in [0.29, 0.717) is 19.0 Å². The van der Waals surface area contributed by atoms with Gasteiger partial charge >= 0.3 is 0 Å². The molecule has 1 aliphatic rings. The van der Waals surface area contributed by atoms with Gasteiger partial charge in [0, 0.05) is 31.9 Å². The van der Waals surface area contributed by atoms with Crippen molar-refractivity contribution in [3.05, 3.63) is 29.3 Å². The van der Waals surface area contributed by atoms with E-state index in [9.17, 15) is 9.59 Å². The lowest BCUT2D eigenvalue weighted by molar-refractivity contribution is -0.147. The Labute approximate surface area is 157 Å². The van der Waals surface area contributed by atoms with Crippen LogP contribution in [0.25, 0.3) is 0 Å². The first kappa shape index (κ1) is 20.4. The molecular formula is C21H33N3O2. The molecule has 0 radical (unpaired) electrons. The monoisotopic (exact) mass is 359 g/mol. The lowest BCUT2D eigenvalue weighted by Crippen LogP contribution is -2.54. The summed E-state index contributed by atoms with van der Waals surface area (Å²) in [4.78, 5) is 30.1. The molecule has 5 heteroatoms. The number of carbonyl (C=O) groups is 2. The molecule has 0 saturated carbocycles. The van der Waals surface area contributed by atoms with E-state index in [-0.39, 0.29) is 11.8 Å². The molecule has 0 atom stereocenters. The van der Waals surface area contributed by atoms with Gasteiger partial charge in [-0.1, -0.05) is 39.0 Å². The van der Waals surface area contributed by atoms with Gasteiger partial charge in [-0.25, -0.2) is 0 Å². The van der Waals surface area contributed by atoms with Gasteiger partial charge in [0.25, 0.3) is 0 Å². The number of nitrogens with one attached hydrogen (secondary N) is 1. The first-order valence-corrected chi connectivity index (χ1v) is 9.61. The maximum atomic E-state index is 13.0. The number of aryl methyl sites for hydroxylation is 1. The maximum Gasteiger partial charge on any atom is 0.239 e. The fourth-order valence-corrected chi connectivity index (χ4v) is 3.37. The van der Waals surface area contributed by atoms with Crippen LogP contribution in [0.15, 0.2) is 18.2 Å². The van der Waals surface area contributed by atoms with Gasteiger partial charge in [0.2, 0.25) is 11.8 Å². The molecule has 0 aliphatic carbocycles. The fraction of sp³-hybridized carbons (Fsp3) is 0.619. The van der Waals surface area contributed by atoms with Crippen molar-refractivity contribution in [2.24, 2.45) is 5.41 Å². The molecule has 1 saturated heterocycles. The minimum absolute atomic E-state index is 0.0922. The molecule has 144 valence electrons. The number of rotatable bonds is 5. The molecule has 1 heterocycles. The van der Waals surface area contributed by atoms with Crippen LogP contribution in [0.2, 0.25) is 0 Å². The fourth-order valence-electron chi connectivity index (χ4n) is 3.37. The van der Waals surface area contributed by atoms with Gasteiger partial charge in [-0.05, 0) is 44.4 Å². The van der Waals surface area contributed by atoms with Crippen molar-refractivity contribution in [1.29, 1.82) is 0 Å². The first-order chi connectivity index (χ1) is 12.2. The zero-order chi connectivity index (χ0) is 19.5. The summed E-state index contributed by atoms with van der Waals surface area (Å²) < 4.78 is 0. The van der Waals surface area contributed by atoms with Crippen LogP contribution in [-0.2, 0) is 9.59 Å². The van der Waals surface area contributed by atoms with E-state index in [0.717, 1.165) is 36.4 Å². The second kappa shape index (κ2) is 8.21. The van der Waals surface area contributed by atoms with Crippen LogP contribution in [0, 0.1) is 12.3 Å². The van der Waals surface area contributed by atoms with Crippen LogP contribution < -0.4 is 5.32 Å². The van der Waals surface area contributed by atoms with Crippen molar-refractivity contribution in [2.75, 3.05) is 38.0 Å². The first-order valence-electron chi connectivity index (χ1n) is 9.61. The molecule has 5 nitrogen and oxygen atoms in total. The topological polar surface area (TPSA) is 52.7 Å². The van der Waals surface area contributed by atoms with Crippen LogP contribution in [0.4, 0.5) is 5.69 Å². The van der Waals surface area contributed by atoms with E-state index in [2.05, 4.69) is 31.0 Å². The molecule has 1 aliphatic heterocycles. The zero-order valence-electron chi connectivity index (χ0n) is 17.1. The standard InChI is InChI=1S/C21H33N3O2/c1-7-23-11-13-24(14-12-23)20(26)21(5,6)19(25)22-18-16(4)9-8-10-17(18)15(2)3/h8-10,15H,7,11-14H2,1-6H3,(H,22,25). The third-order valence-corrected chi connectivity index (χ3v) is 5.37. The van der Waals surface area contributed by atoms with Gasteiger partial charge < -0.3 is 15.1 Å². The van der Waals surface area contributed by atoms with Crippen LogP contribution in [0.3, 0.4) is 0 Å². The number of likely N-dealkylation sites (N-methyl/N-ethyl adjacent to an activating group) is 1. The Bertz CT molecular complexity index is 659. The van der Waals surface area contributed by atoms with Crippen LogP contribution in [0.1, 0.15) is 51.7 Å². The normalized spacial score (nSPS) is 16.0. The summed E-state index contributed by atoms with van der Waals surface area (Å²) in [5, 5.41) is 3.04. The van der Waals surface area contributed by atoms with E-state index in [4.69, 9.17) is 0 Å². The Morgan fingerprint density at radius 1 is 1.15 bits per heavy atom. The molecule has 0 aromatic heterocycles. The highest BCUT2D eigenvalue weighted by Crippen LogP contribution is 2.30. The predicted octanol–water partition coefficient (Wildman–Crippen LogP) is 3.25. The van der Waals surface area contributed by atoms with E-state index in [1.54, 1.807) is 13.8 Å². The number of benzene rings is 1. The second-order valence-corrected chi connectivity index (χ2v) is 8.00. The molecule has 0 unspecified atom stereocenters. The molecular weight excluding hydrogens is 326 g/mol. The molecule has 1 aromatic rings. The Morgan fingerprint density at radius 2 is 1.77 bits per heavy atom. The van der Waals surface area contributed by atoms with Crippen molar-refractivity contribution in [1.82, 2.24) is 9.80 Å². The molecule has 0 bridgehead atoms. The van der Waals surface area contributed by atoms with Crippen molar-refractivity contribution < 1.29 is 9.59 Å². The van der Waals surface area contributed by atoms with Crippen LogP contribution in [-0.4, -0.2) is 54.3 Å². The summed E-state index contributed by atoms with van der Waals surface area (Å²) in [6, 6.07) is 6.02. The highest BCUT2D eigenvalue weighted by Gasteiger charge is 2.40. The van der Waals surface area contributed by atoms with E-state index in [1.807, 2.05) is 30.0 Å². The third kappa shape index (κ3) is 4.26. The number of carbonyl (C=O) groups excluding carboxylic acids is 2. The number of piperazine rings is 1. The number of nitrogens with zero attached hydrogens (tertiary/aromatic N) is 2. The highest BCUT2D eigenvalue weighted by atomic mass is 16.2. The van der Waals surface area contributed by atoms with Crippen molar-refractivity contribution >= 4 is 17.5 Å². The summed E-state index contributed by atoms with van der Waals surface area (Å²) in [5.74, 6) is -0.0341. The summed E-state index contributed by atoms with van der Waals surface area (Å²) >= 11 is 0. The quantitative estimate of drug-likeness (QED) is 0.821. The second-order valence-electron chi connectivity index (χ2n) is 8.00. The summed E-state index contributed by atoms with van der Waals surface area (Å²) in [6.45, 7) is 15.9. The Morgan fingerprint density at radius 3 is 2.31 bits per heavy atom. The average molecular weight is 360 g/mol. The Kier molecular flexibility index (Phi) is 6.45. The molecule has 1 N–H and O–H groups in total. The summed E-state index contributed by atoms with van der Waals surface area (Å²) in [6.07, 6.45) is 0. The Balaban J connectivity index is 2.15. The Hall–Kier alpha value is -1.88. The number of hydrogen-bond acceptors (Lipinski definition) is 3. The minimum atomic E-state index is -1.09. The van der Waals surface area contributed by atoms with Gasteiger partial charge in [-0.2, -0.15) is 0 Å². The van der Waals surface area contributed by atoms with Gasteiger partial charge in [0.1, 0.15) is 5.41 Å². The number of para-hydroxylation sites is 1. The molecule has 1 fully saturated rings. The molecule has 2 rings (SSSR count). The largest absolute Gasteiger partial charge is 0.339 e. The predicted molar refractivity (Wildman–Crippen MR) is 106 cm³/mol. The minimum Gasteiger partial charge on any atom is -0.339 e. The third-order valence-electron chi connectivity index (χ3n) is 5.37. The van der Waals surface area contributed by atoms with Crippen LogP contribution >= 0.6 is 0 Å². The SMILES string of the molecule is CCN1CCN(C(=O)C(C)(C)C(=O)Nc2c(C)cccc2C(C)C)CC1. The number of hydrogen-bond donors (Lipinski definition) is 1.